The standard InChI is InChI=1S/C6H3Cl3O/c7-3-1-4(8)6(9)5(10)2-3/h1-2,10H/i1D,2D. The largest absolute Gasteiger partial charge is 0.506 e. The third-order valence-electron chi connectivity index (χ3n) is 0.848. The molecule has 1 rings (SSSR count). The number of phenols is 1. The van der Waals surface area contributed by atoms with Gasteiger partial charge in [0.2, 0.25) is 0 Å². The molecule has 0 saturated carbocycles. The average molecular weight is 199 g/mol. The van der Waals surface area contributed by atoms with Crippen LogP contribution in [0.25, 0.3) is 0 Å². The number of rotatable bonds is 0. The van der Waals surface area contributed by atoms with Gasteiger partial charge in [-0.15, -0.1) is 0 Å². The molecule has 0 aliphatic carbocycles. The zero-order valence-electron chi connectivity index (χ0n) is 6.58. The van der Waals surface area contributed by atoms with E-state index in [-0.39, 0.29) is 27.2 Å². The van der Waals surface area contributed by atoms with E-state index in [1.807, 2.05) is 0 Å². The molecule has 0 atom stereocenters. The Bertz CT molecular complexity index is 235. The van der Waals surface area contributed by atoms with Crippen molar-refractivity contribution in [2.45, 2.75) is 0 Å². The van der Waals surface area contributed by atoms with Gasteiger partial charge in [0.05, 0.1) is 7.76 Å². The minimum Gasteiger partial charge on any atom is -0.506 e. The fourth-order valence-electron chi connectivity index (χ4n) is 0.445. The Morgan fingerprint density at radius 3 is 2.50 bits per heavy atom. The molecule has 0 bridgehead atoms. The molecule has 0 radical (unpaired) electrons. The summed E-state index contributed by atoms with van der Waals surface area (Å²) in [4.78, 5) is 0. The number of halogens is 3. The molecule has 0 aliphatic rings. The third-order valence-corrected chi connectivity index (χ3v) is 1.79. The summed E-state index contributed by atoms with van der Waals surface area (Å²) in [7, 11) is 0. The second-order valence-electron chi connectivity index (χ2n) is 1.54. The van der Waals surface area contributed by atoms with E-state index < -0.39 is 5.75 Å². The van der Waals surface area contributed by atoms with E-state index in [0.717, 1.165) is 0 Å². The van der Waals surface area contributed by atoms with Crippen molar-refractivity contribution in [1.82, 2.24) is 0 Å². The van der Waals surface area contributed by atoms with Crippen LogP contribution in [0, 0.1) is 0 Å². The molecule has 0 spiro atoms. The molecule has 0 amide bonds. The fourth-order valence-corrected chi connectivity index (χ4v) is 0.956. The monoisotopic (exact) mass is 198 g/mol. The van der Waals surface area contributed by atoms with Crippen LogP contribution < -0.4 is 0 Å². The second kappa shape index (κ2) is 2.87. The molecule has 0 aromatic heterocycles. The van der Waals surface area contributed by atoms with E-state index in [2.05, 4.69) is 0 Å². The molecule has 1 N–H and O–H groups in total. The van der Waals surface area contributed by atoms with Gasteiger partial charge in [0, 0.05) is 11.1 Å². The maximum absolute atomic E-state index is 9.12. The van der Waals surface area contributed by atoms with Crippen molar-refractivity contribution in [3.8, 4) is 5.75 Å². The molecule has 0 heterocycles. The molecule has 0 unspecified atom stereocenters. The summed E-state index contributed by atoms with van der Waals surface area (Å²) in [6, 6.07) is -0.623. The van der Waals surface area contributed by atoms with Gasteiger partial charge in [0.1, 0.15) is 10.8 Å². The maximum atomic E-state index is 9.12. The van der Waals surface area contributed by atoms with Crippen molar-refractivity contribution in [2.24, 2.45) is 0 Å². The first-order valence-corrected chi connectivity index (χ1v) is 3.42. The fraction of sp³-hybridized carbons (Fsp3) is 0. The highest BCUT2D eigenvalue weighted by molar-refractivity contribution is 6.44. The molecule has 0 aliphatic heterocycles. The maximum Gasteiger partial charge on any atom is 0.137 e. The topological polar surface area (TPSA) is 20.2 Å². The molecular formula is C6H3Cl3O. The van der Waals surface area contributed by atoms with Crippen LogP contribution in [0.3, 0.4) is 0 Å². The van der Waals surface area contributed by atoms with Gasteiger partial charge in [0.25, 0.3) is 0 Å². The number of phenolic OH excluding ortho intramolecular Hbond substituents is 1. The Morgan fingerprint density at radius 1 is 1.30 bits per heavy atom. The zero-order valence-corrected chi connectivity index (χ0v) is 6.85. The van der Waals surface area contributed by atoms with Gasteiger partial charge in [-0.3, -0.25) is 0 Å². The smallest absolute Gasteiger partial charge is 0.137 e. The van der Waals surface area contributed by atoms with E-state index in [0.29, 0.717) is 0 Å². The van der Waals surface area contributed by atoms with E-state index >= 15 is 0 Å². The van der Waals surface area contributed by atoms with Crippen LogP contribution >= 0.6 is 34.8 Å². The van der Waals surface area contributed by atoms with E-state index in [1.54, 1.807) is 0 Å². The Hall–Kier alpha value is -0.110. The second-order valence-corrected chi connectivity index (χ2v) is 2.67. The van der Waals surface area contributed by atoms with Crippen LogP contribution in [0.1, 0.15) is 2.74 Å². The summed E-state index contributed by atoms with van der Waals surface area (Å²) in [5, 5.41) is 8.56. The summed E-state index contributed by atoms with van der Waals surface area (Å²) < 4.78 is 14.4. The Labute approximate surface area is 75.9 Å². The predicted octanol–water partition coefficient (Wildman–Crippen LogP) is 3.35. The van der Waals surface area contributed by atoms with Crippen LogP contribution in [0.5, 0.6) is 5.75 Å². The summed E-state index contributed by atoms with van der Waals surface area (Å²) in [6.07, 6.45) is 0. The summed E-state index contributed by atoms with van der Waals surface area (Å²) >= 11 is 16.5. The van der Waals surface area contributed by atoms with Crippen molar-refractivity contribution >= 4 is 34.8 Å². The summed E-state index contributed by atoms with van der Waals surface area (Å²) in [6.45, 7) is 0. The summed E-state index contributed by atoms with van der Waals surface area (Å²) in [5.74, 6) is -0.498. The molecule has 10 heavy (non-hydrogen) atoms. The summed E-state index contributed by atoms with van der Waals surface area (Å²) in [5.41, 5.74) is 0. The van der Waals surface area contributed by atoms with Crippen LogP contribution in [0.15, 0.2) is 12.1 Å². The first-order chi connectivity index (χ1) is 5.46. The Morgan fingerprint density at radius 2 is 1.90 bits per heavy atom. The lowest BCUT2D eigenvalue weighted by Crippen LogP contribution is -1.70. The first-order valence-electron chi connectivity index (χ1n) is 3.29. The Kier molecular flexibility index (Phi) is 1.59. The third kappa shape index (κ3) is 1.48. The lowest BCUT2D eigenvalue weighted by molar-refractivity contribution is 0.475. The number of hydrogen-bond donors (Lipinski definition) is 1. The minimum absolute atomic E-state index is 0.143. The molecule has 1 aromatic carbocycles. The molecule has 0 saturated heterocycles. The molecule has 1 nitrogen and oxygen atoms in total. The highest BCUT2D eigenvalue weighted by atomic mass is 35.5. The van der Waals surface area contributed by atoms with Gasteiger partial charge in [-0.2, -0.15) is 0 Å². The van der Waals surface area contributed by atoms with Crippen LogP contribution in [0.2, 0.25) is 15.1 Å². The zero-order chi connectivity index (χ0) is 9.46. The number of aromatic hydroxyl groups is 1. The highest BCUT2D eigenvalue weighted by Gasteiger charge is 2.03. The van der Waals surface area contributed by atoms with Gasteiger partial charge in [-0.1, -0.05) is 34.8 Å². The van der Waals surface area contributed by atoms with Gasteiger partial charge >= 0.3 is 0 Å². The normalized spacial score (nSPS) is 12.7. The SMILES string of the molecule is [2H]c1c(O)c(Cl)c(Cl)c([2H])c1Cl. The number of benzene rings is 1. The highest BCUT2D eigenvalue weighted by Crippen LogP contribution is 2.33. The Balaban J connectivity index is 3.60. The minimum atomic E-state index is -0.498. The van der Waals surface area contributed by atoms with Crippen molar-refractivity contribution < 1.29 is 7.85 Å². The molecule has 4 heteroatoms. The van der Waals surface area contributed by atoms with E-state index in [4.69, 9.17) is 42.7 Å². The number of hydrogen-bond acceptors (Lipinski definition) is 1. The van der Waals surface area contributed by atoms with Gasteiger partial charge in [0.15, 0.2) is 0 Å². The molecule has 1 aromatic rings. The quantitative estimate of drug-likeness (QED) is 0.635. The van der Waals surface area contributed by atoms with Crippen LogP contribution in [0.4, 0.5) is 0 Å². The van der Waals surface area contributed by atoms with Crippen molar-refractivity contribution in [3.63, 3.8) is 0 Å². The molecule has 54 valence electrons. The lowest BCUT2D eigenvalue weighted by atomic mass is 10.3. The first kappa shape index (κ1) is 5.53. The van der Waals surface area contributed by atoms with Crippen molar-refractivity contribution in [3.05, 3.63) is 27.2 Å². The van der Waals surface area contributed by atoms with Gasteiger partial charge < -0.3 is 5.11 Å². The van der Waals surface area contributed by atoms with E-state index in [9.17, 15) is 0 Å². The molecule has 0 fully saturated rings. The average Bonchev–Trinajstić information content (AvgIpc) is 2.08. The van der Waals surface area contributed by atoms with E-state index in [1.165, 1.54) is 0 Å². The van der Waals surface area contributed by atoms with Crippen LogP contribution in [-0.2, 0) is 0 Å². The van der Waals surface area contributed by atoms with Crippen molar-refractivity contribution in [2.75, 3.05) is 0 Å². The van der Waals surface area contributed by atoms with Gasteiger partial charge in [-0.25, -0.2) is 0 Å². The molecular weight excluding hydrogens is 194 g/mol. The van der Waals surface area contributed by atoms with Gasteiger partial charge in [-0.05, 0) is 6.04 Å². The predicted molar refractivity (Wildman–Crippen MR) is 43.1 cm³/mol. The van der Waals surface area contributed by atoms with Crippen molar-refractivity contribution in [1.29, 1.82) is 0 Å². The van der Waals surface area contributed by atoms with Crippen LogP contribution in [-0.4, -0.2) is 5.11 Å². The lowest BCUT2D eigenvalue weighted by Gasteiger charge is -1.98.